The van der Waals surface area contributed by atoms with E-state index in [9.17, 15) is 0 Å². The number of hydrogen-bond donors (Lipinski definition) is 1. The number of nitrogens with one attached hydrogen (secondary N) is 1. The maximum absolute atomic E-state index is 4.48. The molecule has 2 aromatic rings. The molecule has 2 heterocycles. The van der Waals surface area contributed by atoms with E-state index in [1.165, 1.54) is 16.1 Å². The molecule has 16 heavy (non-hydrogen) atoms. The average Bonchev–Trinajstić information content (AvgIpc) is 2.73. The summed E-state index contributed by atoms with van der Waals surface area (Å²) in [5.74, 6) is 0. The Kier molecular flexibility index (Phi) is 3.47. The first-order valence-corrected chi connectivity index (χ1v) is 6.67. The van der Waals surface area contributed by atoms with Crippen molar-refractivity contribution in [3.05, 3.63) is 27.3 Å². The van der Waals surface area contributed by atoms with Crippen LogP contribution in [-0.2, 0) is 13.6 Å². The lowest BCUT2D eigenvalue weighted by Gasteiger charge is -2.03. The Labute approximate surface area is 108 Å². The first-order chi connectivity index (χ1) is 7.63. The molecule has 0 saturated carbocycles. The van der Waals surface area contributed by atoms with E-state index in [1.54, 1.807) is 11.3 Å². The van der Waals surface area contributed by atoms with Crippen LogP contribution in [0.2, 0.25) is 0 Å². The summed E-state index contributed by atoms with van der Waals surface area (Å²) in [5, 5.41) is 7.67. The van der Waals surface area contributed by atoms with Gasteiger partial charge in [0.2, 0.25) is 0 Å². The Morgan fingerprint density at radius 1 is 1.50 bits per heavy atom. The van der Waals surface area contributed by atoms with Crippen LogP contribution in [0, 0.1) is 6.92 Å². The van der Waals surface area contributed by atoms with Gasteiger partial charge in [0.05, 0.1) is 15.2 Å². The Morgan fingerprint density at radius 2 is 2.25 bits per heavy atom. The van der Waals surface area contributed by atoms with Crippen LogP contribution >= 0.6 is 27.3 Å². The highest BCUT2D eigenvalue weighted by atomic mass is 79.9. The minimum atomic E-state index is 0.836. The molecule has 3 nitrogen and oxygen atoms in total. The van der Waals surface area contributed by atoms with E-state index in [0.29, 0.717) is 0 Å². The molecule has 0 aromatic carbocycles. The molecular formula is C11H14BrN3S. The van der Waals surface area contributed by atoms with Gasteiger partial charge in [0, 0.05) is 24.0 Å². The molecule has 0 amide bonds. The largest absolute Gasteiger partial charge is 0.314 e. The smallest absolute Gasteiger partial charge is 0.0705 e. The number of rotatable bonds is 3. The highest BCUT2D eigenvalue weighted by Gasteiger charge is 2.15. The maximum atomic E-state index is 4.48. The molecule has 0 aliphatic rings. The van der Waals surface area contributed by atoms with Crippen molar-refractivity contribution in [2.24, 2.45) is 7.05 Å². The fourth-order valence-electron chi connectivity index (χ4n) is 1.85. The quantitative estimate of drug-likeness (QED) is 0.944. The van der Waals surface area contributed by atoms with Crippen LogP contribution in [0.3, 0.4) is 0 Å². The van der Waals surface area contributed by atoms with Crippen LogP contribution in [0.1, 0.15) is 11.4 Å². The standard InChI is InChI=1S/C11H14BrN3S/c1-7-11(9-4-5-10(12)16-9)8(6-13-2)15(3)14-7/h4-5,13H,6H2,1-3H3. The number of halogens is 1. The third-order valence-electron chi connectivity index (χ3n) is 2.50. The topological polar surface area (TPSA) is 29.9 Å². The van der Waals surface area contributed by atoms with Gasteiger partial charge in [0.25, 0.3) is 0 Å². The number of aromatic nitrogens is 2. The molecule has 2 aromatic heterocycles. The van der Waals surface area contributed by atoms with E-state index in [4.69, 9.17) is 0 Å². The van der Waals surface area contributed by atoms with Gasteiger partial charge >= 0.3 is 0 Å². The van der Waals surface area contributed by atoms with Gasteiger partial charge in [-0.15, -0.1) is 11.3 Å². The third kappa shape index (κ3) is 2.07. The maximum Gasteiger partial charge on any atom is 0.0705 e. The van der Waals surface area contributed by atoms with E-state index in [0.717, 1.165) is 16.0 Å². The number of nitrogens with zero attached hydrogens (tertiary/aromatic N) is 2. The Bertz CT molecular complexity index is 501. The van der Waals surface area contributed by atoms with Crippen molar-refractivity contribution in [3.63, 3.8) is 0 Å². The van der Waals surface area contributed by atoms with Crippen molar-refractivity contribution in [1.29, 1.82) is 0 Å². The molecule has 0 aliphatic heterocycles. The second-order valence-electron chi connectivity index (χ2n) is 3.66. The minimum absolute atomic E-state index is 0.836. The molecule has 0 atom stereocenters. The molecule has 1 N–H and O–H groups in total. The summed E-state index contributed by atoms with van der Waals surface area (Å²) in [7, 11) is 3.95. The molecule has 0 saturated heterocycles. The van der Waals surface area contributed by atoms with Gasteiger partial charge in [-0.05, 0) is 42.0 Å². The second kappa shape index (κ2) is 4.69. The van der Waals surface area contributed by atoms with E-state index in [-0.39, 0.29) is 0 Å². The second-order valence-corrected chi connectivity index (χ2v) is 6.13. The molecule has 2 rings (SSSR count). The fraction of sp³-hybridized carbons (Fsp3) is 0.364. The van der Waals surface area contributed by atoms with Crippen molar-refractivity contribution in [1.82, 2.24) is 15.1 Å². The lowest BCUT2D eigenvalue weighted by molar-refractivity contribution is 0.669. The van der Waals surface area contributed by atoms with Gasteiger partial charge in [-0.1, -0.05) is 0 Å². The molecule has 0 fully saturated rings. The lowest BCUT2D eigenvalue weighted by atomic mass is 10.1. The van der Waals surface area contributed by atoms with Crippen LogP contribution in [0.4, 0.5) is 0 Å². The summed E-state index contributed by atoms with van der Waals surface area (Å²) in [6, 6.07) is 4.22. The predicted molar refractivity (Wildman–Crippen MR) is 71.7 cm³/mol. The SMILES string of the molecule is CNCc1c(-c2ccc(Br)s2)c(C)nn1C. The average molecular weight is 300 g/mol. The van der Waals surface area contributed by atoms with Gasteiger partial charge in [-0.3, -0.25) is 4.68 Å². The normalized spacial score (nSPS) is 11.0. The molecule has 86 valence electrons. The van der Waals surface area contributed by atoms with Crippen LogP contribution in [0.25, 0.3) is 10.4 Å². The summed E-state index contributed by atoms with van der Waals surface area (Å²) in [6.07, 6.45) is 0. The molecule has 0 aliphatic carbocycles. The minimum Gasteiger partial charge on any atom is -0.314 e. The van der Waals surface area contributed by atoms with Gasteiger partial charge in [-0.25, -0.2) is 0 Å². The fourth-order valence-corrected chi connectivity index (χ4v) is 3.35. The first-order valence-electron chi connectivity index (χ1n) is 5.06. The Morgan fingerprint density at radius 3 is 2.81 bits per heavy atom. The number of thiophene rings is 1. The zero-order chi connectivity index (χ0) is 11.7. The lowest BCUT2D eigenvalue weighted by Crippen LogP contribution is -2.10. The number of aryl methyl sites for hydroxylation is 2. The van der Waals surface area contributed by atoms with Crippen LogP contribution in [-0.4, -0.2) is 16.8 Å². The molecular weight excluding hydrogens is 286 g/mol. The van der Waals surface area contributed by atoms with Gasteiger partial charge in [0.1, 0.15) is 0 Å². The van der Waals surface area contributed by atoms with Crippen molar-refractivity contribution < 1.29 is 0 Å². The summed E-state index contributed by atoms with van der Waals surface area (Å²) in [6.45, 7) is 2.89. The molecule has 0 bridgehead atoms. The predicted octanol–water partition coefficient (Wildman–Crippen LogP) is 2.94. The summed E-state index contributed by atoms with van der Waals surface area (Å²) in [5.41, 5.74) is 3.57. The van der Waals surface area contributed by atoms with Crippen molar-refractivity contribution >= 4 is 27.3 Å². The van der Waals surface area contributed by atoms with Gasteiger partial charge < -0.3 is 5.32 Å². The zero-order valence-electron chi connectivity index (χ0n) is 9.54. The highest BCUT2D eigenvalue weighted by molar-refractivity contribution is 9.11. The van der Waals surface area contributed by atoms with Crippen LogP contribution < -0.4 is 5.32 Å². The van der Waals surface area contributed by atoms with Gasteiger partial charge in [0.15, 0.2) is 0 Å². The Balaban J connectivity index is 2.54. The Hall–Kier alpha value is -0.650. The highest BCUT2D eigenvalue weighted by Crippen LogP contribution is 2.35. The zero-order valence-corrected chi connectivity index (χ0v) is 11.9. The molecule has 0 unspecified atom stereocenters. The first kappa shape index (κ1) is 11.8. The van der Waals surface area contributed by atoms with Crippen molar-refractivity contribution in [2.45, 2.75) is 13.5 Å². The van der Waals surface area contributed by atoms with E-state index in [2.05, 4.69) is 45.4 Å². The van der Waals surface area contributed by atoms with Crippen LogP contribution in [0.15, 0.2) is 15.9 Å². The summed E-state index contributed by atoms with van der Waals surface area (Å²) >= 11 is 5.24. The van der Waals surface area contributed by atoms with Crippen molar-refractivity contribution in [3.8, 4) is 10.4 Å². The van der Waals surface area contributed by atoms with Gasteiger partial charge in [-0.2, -0.15) is 5.10 Å². The molecule has 0 radical (unpaired) electrons. The monoisotopic (exact) mass is 299 g/mol. The van der Waals surface area contributed by atoms with E-state index in [1.807, 2.05) is 18.8 Å². The van der Waals surface area contributed by atoms with E-state index >= 15 is 0 Å². The molecule has 5 heteroatoms. The third-order valence-corrected chi connectivity index (χ3v) is 4.15. The summed E-state index contributed by atoms with van der Waals surface area (Å²) in [4.78, 5) is 1.27. The number of hydrogen-bond acceptors (Lipinski definition) is 3. The van der Waals surface area contributed by atoms with Crippen LogP contribution in [0.5, 0.6) is 0 Å². The molecule has 0 spiro atoms. The summed E-state index contributed by atoms with van der Waals surface area (Å²) < 4.78 is 3.11. The van der Waals surface area contributed by atoms with Crippen molar-refractivity contribution in [2.75, 3.05) is 7.05 Å². The van der Waals surface area contributed by atoms with E-state index < -0.39 is 0 Å².